The molecule has 0 unspecified atom stereocenters. The molecule has 2 bridgehead atoms. The molecule has 1 saturated heterocycles. The molecule has 23 heavy (non-hydrogen) atoms. The Morgan fingerprint density at radius 1 is 1.00 bits per heavy atom. The molecule has 0 saturated carbocycles. The number of hydrogen-bond acceptors (Lipinski definition) is 4. The molecule has 2 aromatic carbocycles. The summed E-state index contributed by atoms with van der Waals surface area (Å²) in [4.78, 5) is 19.9. The summed E-state index contributed by atoms with van der Waals surface area (Å²) in [5.74, 6) is 0.530. The van der Waals surface area contributed by atoms with Crippen molar-refractivity contribution in [3.63, 3.8) is 0 Å². The van der Waals surface area contributed by atoms with Gasteiger partial charge in [0.2, 0.25) is 0 Å². The Balaban J connectivity index is 1.48. The molecule has 5 rings (SSSR count). The fraction of sp³-hybridized carbons (Fsp3) is 0.167. The quantitative estimate of drug-likeness (QED) is 0.799. The third-order valence-electron chi connectivity index (χ3n) is 3.91. The highest BCUT2D eigenvalue weighted by molar-refractivity contribution is 5.72. The van der Waals surface area contributed by atoms with Crippen LogP contribution in [0.2, 0.25) is 0 Å². The average molecular weight is 308 g/mol. The number of ether oxygens (including phenoxy) is 1. The SMILES string of the molecule is O=C(Oc1ccccc1)N1C[C@@H]2C=C[C@H]1ON2c1ccccc1. The summed E-state index contributed by atoms with van der Waals surface area (Å²) < 4.78 is 5.40. The van der Waals surface area contributed by atoms with Crippen LogP contribution in [0.15, 0.2) is 72.8 Å². The summed E-state index contributed by atoms with van der Waals surface area (Å²) in [6.07, 6.45) is 3.10. The Labute approximate surface area is 134 Å². The van der Waals surface area contributed by atoms with Crippen LogP contribution in [0, 0.1) is 0 Å². The normalized spacial score (nSPS) is 22.3. The van der Waals surface area contributed by atoms with E-state index in [1.807, 2.05) is 59.7 Å². The Hall–Kier alpha value is -2.79. The summed E-state index contributed by atoms with van der Waals surface area (Å²) in [6, 6.07) is 18.9. The van der Waals surface area contributed by atoms with E-state index in [1.165, 1.54) is 0 Å². The zero-order valence-electron chi connectivity index (χ0n) is 12.4. The molecule has 1 fully saturated rings. The van der Waals surface area contributed by atoms with Crippen LogP contribution in [-0.4, -0.2) is 29.8 Å². The number of rotatable bonds is 2. The van der Waals surface area contributed by atoms with Gasteiger partial charge in [0, 0.05) is 0 Å². The molecule has 2 aromatic rings. The van der Waals surface area contributed by atoms with Gasteiger partial charge in [-0.3, -0.25) is 4.90 Å². The second kappa shape index (κ2) is 5.78. The zero-order valence-corrected chi connectivity index (χ0v) is 12.4. The molecule has 3 aliphatic rings. The summed E-state index contributed by atoms with van der Waals surface area (Å²) in [5, 5.41) is 1.84. The number of nitrogens with zero attached hydrogens (tertiary/aromatic N) is 2. The second-order valence-electron chi connectivity index (χ2n) is 5.44. The first kappa shape index (κ1) is 13.8. The first-order valence-electron chi connectivity index (χ1n) is 7.54. The van der Waals surface area contributed by atoms with Crippen molar-refractivity contribution >= 4 is 11.8 Å². The van der Waals surface area contributed by atoms with Gasteiger partial charge in [0.25, 0.3) is 0 Å². The van der Waals surface area contributed by atoms with Gasteiger partial charge in [0.05, 0.1) is 18.3 Å². The molecule has 1 amide bonds. The van der Waals surface area contributed by atoms with E-state index in [0.717, 1.165) is 5.69 Å². The number of carbonyl (C=O) groups is 1. The third-order valence-corrected chi connectivity index (χ3v) is 3.91. The Morgan fingerprint density at radius 3 is 2.35 bits per heavy atom. The van der Waals surface area contributed by atoms with Gasteiger partial charge < -0.3 is 4.74 Å². The molecule has 5 heteroatoms. The van der Waals surface area contributed by atoms with Crippen molar-refractivity contribution in [1.29, 1.82) is 0 Å². The van der Waals surface area contributed by atoms with Gasteiger partial charge in [-0.15, -0.1) is 0 Å². The van der Waals surface area contributed by atoms with Gasteiger partial charge in [-0.2, -0.15) is 0 Å². The zero-order chi connectivity index (χ0) is 15.6. The van der Waals surface area contributed by atoms with E-state index >= 15 is 0 Å². The lowest BCUT2D eigenvalue weighted by atomic mass is 10.1. The summed E-state index contributed by atoms with van der Waals surface area (Å²) in [6.45, 7) is 0.529. The molecular formula is C18H16N2O3. The van der Waals surface area contributed by atoms with Crippen LogP contribution in [0.5, 0.6) is 5.75 Å². The predicted molar refractivity (Wildman–Crippen MR) is 85.9 cm³/mol. The maximum Gasteiger partial charge on any atom is 0.417 e. The third kappa shape index (κ3) is 2.66. The standard InChI is InChI=1S/C18H16N2O3/c21-18(22-16-9-5-2-6-10-16)19-13-15-11-12-17(19)23-20(15)14-7-3-1-4-8-14/h1-12,15,17H,13H2/t15-,17+/m0/s1. The Kier molecular flexibility index (Phi) is 3.48. The first-order valence-corrected chi connectivity index (χ1v) is 7.54. The van der Waals surface area contributed by atoms with E-state index in [0.29, 0.717) is 12.3 Å². The Morgan fingerprint density at radius 2 is 1.70 bits per heavy atom. The smallest absolute Gasteiger partial charge is 0.410 e. The second-order valence-corrected chi connectivity index (χ2v) is 5.44. The minimum atomic E-state index is -0.448. The fourth-order valence-electron chi connectivity index (χ4n) is 2.79. The number of amides is 1. The number of hydroxylamine groups is 1. The van der Waals surface area contributed by atoms with E-state index in [1.54, 1.807) is 17.0 Å². The predicted octanol–water partition coefficient (Wildman–Crippen LogP) is 3.20. The van der Waals surface area contributed by atoms with Crippen LogP contribution in [0.3, 0.4) is 0 Å². The van der Waals surface area contributed by atoms with Gasteiger partial charge >= 0.3 is 6.09 Å². The fourth-order valence-corrected chi connectivity index (χ4v) is 2.79. The number of benzene rings is 2. The maximum atomic E-state index is 12.4. The van der Waals surface area contributed by atoms with Crippen molar-refractivity contribution in [2.24, 2.45) is 0 Å². The lowest BCUT2D eigenvalue weighted by Crippen LogP contribution is -2.61. The van der Waals surface area contributed by atoms with Crippen LogP contribution in [0.25, 0.3) is 0 Å². The van der Waals surface area contributed by atoms with Gasteiger partial charge in [-0.05, 0) is 30.3 Å². The average Bonchev–Trinajstić information content (AvgIpc) is 2.63. The highest BCUT2D eigenvalue weighted by atomic mass is 16.7. The lowest BCUT2D eigenvalue weighted by molar-refractivity contribution is -0.0818. The molecule has 2 atom stereocenters. The minimum Gasteiger partial charge on any atom is -0.410 e. The molecule has 0 radical (unpaired) electrons. The molecule has 0 spiro atoms. The molecular weight excluding hydrogens is 292 g/mol. The highest BCUT2D eigenvalue weighted by Gasteiger charge is 2.40. The summed E-state index contributed by atoms with van der Waals surface area (Å²) in [5.41, 5.74) is 0.975. The van der Waals surface area contributed by atoms with E-state index < -0.39 is 12.3 Å². The van der Waals surface area contributed by atoms with Crippen molar-refractivity contribution in [2.45, 2.75) is 12.3 Å². The lowest BCUT2D eigenvalue weighted by Gasteiger charge is -2.46. The van der Waals surface area contributed by atoms with Crippen LogP contribution in [-0.2, 0) is 4.84 Å². The first-order chi connectivity index (χ1) is 11.3. The van der Waals surface area contributed by atoms with Crippen molar-refractivity contribution in [1.82, 2.24) is 4.90 Å². The van der Waals surface area contributed by atoms with Gasteiger partial charge in [-0.1, -0.05) is 42.5 Å². The number of fused-ring (bicyclic) bond motifs is 2. The largest absolute Gasteiger partial charge is 0.417 e. The molecule has 0 aliphatic carbocycles. The van der Waals surface area contributed by atoms with Crippen molar-refractivity contribution in [2.75, 3.05) is 11.6 Å². The monoisotopic (exact) mass is 308 g/mol. The van der Waals surface area contributed by atoms with Gasteiger partial charge in [0.1, 0.15) is 5.75 Å². The topological polar surface area (TPSA) is 42.0 Å². The van der Waals surface area contributed by atoms with Crippen molar-refractivity contribution < 1.29 is 14.4 Å². The van der Waals surface area contributed by atoms with E-state index in [9.17, 15) is 4.79 Å². The molecule has 5 nitrogen and oxygen atoms in total. The summed E-state index contributed by atoms with van der Waals surface area (Å²) >= 11 is 0. The highest BCUT2D eigenvalue weighted by Crippen LogP contribution is 2.30. The van der Waals surface area contributed by atoms with Gasteiger partial charge in [-0.25, -0.2) is 14.7 Å². The van der Waals surface area contributed by atoms with E-state index in [4.69, 9.17) is 9.57 Å². The molecule has 0 N–H and O–H groups in total. The van der Waals surface area contributed by atoms with Gasteiger partial charge in [0.15, 0.2) is 6.23 Å². The van der Waals surface area contributed by atoms with Crippen molar-refractivity contribution in [3.05, 3.63) is 72.8 Å². The number of para-hydroxylation sites is 2. The maximum absolute atomic E-state index is 12.4. The number of carbonyl (C=O) groups excluding carboxylic acids is 1. The minimum absolute atomic E-state index is 0.0225. The molecule has 3 aliphatic heterocycles. The van der Waals surface area contributed by atoms with E-state index in [-0.39, 0.29) is 6.04 Å². The van der Waals surface area contributed by atoms with Crippen molar-refractivity contribution in [3.8, 4) is 5.75 Å². The Bertz CT molecular complexity index is 718. The molecule has 0 aromatic heterocycles. The van der Waals surface area contributed by atoms with Crippen LogP contribution >= 0.6 is 0 Å². The number of anilines is 1. The number of hydrogen-bond donors (Lipinski definition) is 0. The summed E-state index contributed by atoms with van der Waals surface area (Å²) in [7, 11) is 0. The molecule has 116 valence electrons. The van der Waals surface area contributed by atoms with Crippen LogP contribution in [0.1, 0.15) is 0 Å². The van der Waals surface area contributed by atoms with Crippen LogP contribution in [0.4, 0.5) is 10.5 Å². The van der Waals surface area contributed by atoms with E-state index in [2.05, 4.69) is 6.08 Å². The van der Waals surface area contributed by atoms with Crippen LogP contribution < -0.4 is 9.80 Å². The molecule has 3 heterocycles.